The molecule has 0 aliphatic rings. The van der Waals surface area contributed by atoms with E-state index in [4.69, 9.17) is 23.6 Å². The van der Waals surface area contributed by atoms with Crippen molar-refractivity contribution in [2.24, 2.45) is 5.92 Å². The average molecular weight is 937 g/mol. The van der Waals surface area contributed by atoms with E-state index in [1.54, 1.807) is 6.08 Å². The van der Waals surface area contributed by atoms with Gasteiger partial charge in [0.1, 0.15) is 12.7 Å². The molecular formula is C53H93O11P. The standard InChI is InChI=1S/C53H93O11P/c1-4-6-34-40-49(55)41-36-31-27-23-19-15-13-17-20-24-28-32-37-42-52(57)61-46-51(47-63-65(59,60)62-45-50(56)44-54)64-53(58)43-38-33-29-25-21-16-12-10-8-7-9-11-14-18-22-26-30-35-39-48(3)5-2/h6,15,17,19-20,27-28,31-32,34,36,41,48-51,54-56H,4-5,7-14,16,18,21-26,29-30,33,35,37-40,42-47H2,1-3H3,(H,59,60)/b19-15-,20-17-,31-27+,32-28-,34-6-,41-36+/t48?,49?,50-,51+/m0/s1. The summed E-state index contributed by atoms with van der Waals surface area (Å²) < 4.78 is 32.8. The van der Waals surface area contributed by atoms with Crippen molar-refractivity contribution in [3.63, 3.8) is 0 Å². The van der Waals surface area contributed by atoms with Gasteiger partial charge in [-0.2, -0.15) is 0 Å². The minimum absolute atomic E-state index is 0.0990. The van der Waals surface area contributed by atoms with Gasteiger partial charge in [-0.15, -0.1) is 0 Å². The molecule has 0 saturated heterocycles. The molecule has 376 valence electrons. The molecule has 0 heterocycles. The first kappa shape index (κ1) is 62.4. The number of allylic oxidation sites excluding steroid dienone is 10. The van der Waals surface area contributed by atoms with Gasteiger partial charge >= 0.3 is 19.8 Å². The van der Waals surface area contributed by atoms with Gasteiger partial charge in [-0.1, -0.05) is 216 Å². The second kappa shape index (κ2) is 46.5. The number of phosphoric acid groups is 1. The first-order chi connectivity index (χ1) is 31.5. The minimum Gasteiger partial charge on any atom is -0.462 e. The lowest BCUT2D eigenvalue weighted by Crippen LogP contribution is -2.29. The Kier molecular flexibility index (Phi) is 44.6. The van der Waals surface area contributed by atoms with E-state index in [9.17, 15) is 29.3 Å². The lowest BCUT2D eigenvalue weighted by atomic mass is 9.99. The van der Waals surface area contributed by atoms with Gasteiger partial charge in [0, 0.05) is 12.8 Å². The number of esters is 2. The molecule has 0 aliphatic carbocycles. The number of hydrogen-bond donors (Lipinski definition) is 4. The third-order valence-electron chi connectivity index (χ3n) is 11.0. The summed E-state index contributed by atoms with van der Waals surface area (Å²) in [6.45, 7) is 4.48. The number of rotatable bonds is 46. The van der Waals surface area contributed by atoms with Crippen LogP contribution in [0.3, 0.4) is 0 Å². The van der Waals surface area contributed by atoms with Crippen molar-refractivity contribution < 1.29 is 52.9 Å². The molecule has 5 atom stereocenters. The molecule has 0 aromatic rings. The highest BCUT2D eigenvalue weighted by molar-refractivity contribution is 7.47. The zero-order chi connectivity index (χ0) is 47.9. The fourth-order valence-electron chi connectivity index (χ4n) is 6.73. The second-order valence-electron chi connectivity index (χ2n) is 17.3. The Hall–Kier alpha value is -2.63. The SMILES string of the molecule is CC/C=C\CC(O)/C=C/C=C/C/C=C\C/C=C\C/C=C\CCC(=O)OC[C@H](COP(=O)(O)OC[C@@H](O)CO)OC(=O)CCCCCCCCCCCCCCCCCCCCC(C)CC. The van der Waals surface area contributed by atoms with Crippen molar-refractivity contribution in [1.82, 2.24) is 0 Å². The maximum atomic E-state index is 12.7. The fourth-order valence-corrected chi connectivity index (χ4v) is 7.52. The van der Waals surface area contributed by atoms with Crippen molar-refractivity contribution in [2.75, 3.05) is 26.4 Å². The summed E-state index contributed by atoms with van der Waals surface area (Å²) in [6.07, 6.45) is 50.7. The topological polar surface area (TPSA) is 169 Å². The van der Waals surface area contributed by atoms with Crippen LogP contribution in [0.2, 0.25) is 0 Å². The highest BCUT2D eigenvalue weighted by Crippen LogP contribution is 2.43. The van der Waals surface area contributed by atoms with Crippen LogP contribution >= 0.6 is 7.82 Å². The summed E-state index contributed by atoms with van der Waals surface area (Å²) >= 11 is 0. The zero-order valence-corrected chi connectivity index (χ0v) is 41.9. The third-order valence-corrected chi connectivity index (χ3v) is 12.0. The highest BCUT2D eigenvalue weighted by atomic mass is 31.2. The smallest absolute Gasteiger partial charge is 0.462 e. The Morgan fingerprint density at radius 2 is 1.09 bits per heavy atom. The molecule has 0 rings (SSSR count). The number of carbonyl (C=O) groups is 2. The summed E-state index contributed by atoms with van der Waals surface area (Å²) in [5, 5.41) is 28.2. The van der Waals surface area contributed by atoms with E-state index in [2.05, 4.69) is 39.0 Å². The molecule has 12 heteroatoms. The largest absolute Gasteiger partial charge is 0.472 e. The van der Waals surface area contributed by atoms with Gasteiger partial charge in [0.05, 0.1) is 25.9 Å². The van der Waals surface area contributed by atoms with E-state index in [1.807, 2.05) is 48.6 Å². The summed E-state index contributed by atoms with van der Waals surface area (Å²) in [5.74, 6) is -0.155. The van der Waals surface area contributed by atoms with Crippen molar-refractivity contribution in [3.8, 4) is 0 Å². The van der Waals surface area contributed by atoms with Gasteiger partial charge in [0.15, 0.2) is 6.10 Å². The molecule has 0 aromatic carbocycles. The van der Waals surface area contributed by atoms with Gasteiger partial charge in [-0.05, 0) is 50.9 Å². The predicted octanol–water partition coefficient (Wildman–Crippen LogP) is 13.2. The fraction of sp³-hybridized carbons (Fsp3) is 0.736. The molecule has 65 heavy (non-hydrogen) atoms. The molecule has 0 bridgehead atoms. The normalized spacial score (nSPS) is 15.2. The number of aliphatic hydroxyl groups excluding tert-OH is 3. The molecule has 11 nitrogen and oxygen atoms in total. The quantitative estimate of drug-likeness (QED) is 0.0151. The molecular weight excluding hydrogens is 844 g/mol. The van der Waals surface area contributed by atoms with Crippen LogP contribution in [0, 0.1) is 5.92 Å². The second-order valence-corrected chi connectivity index (χ2v) is 18.7. The predicted molar refractivity (Wildman–Crippen MR) is 266 cm³/mol. The monoisotopic (exact) mass is 937 g/mol. The Labute approximate surface area is 395 Å². The van der Waals surface area contributed by atoms with Gasteiger partial charge in [0.25, 0.3) is 0 Å². The molecule has 0 spiro atoms. The minimum atomic E-state index is -4.65. The number of aliphatic hydroxyl groups is 3. The Balaban J connectivity index is 4.31. The third kappa shape index (κ3) is 46.3. The van der Waals surface area contributed by atoms with Crippen LogP contribution in [-0.4, -0.2) is 76.9 Å². The van der Waals surface area contributed by atoms with Gasteiger partial charge < -0.3 is 29.7 Å². The molecule has 0 fully saturated rings. The van der Waals surface area contributed by atoms with E-state index < -0.39 is 57.9 Å². The van der Waals surface area contributed by atoms with Crippen LogP contribution in [0.15, 0.2) is 72.9 Å². The van der Waals surface area contributed by atoms with E-state index in [1.165, 1.54) is 103 Å². The number of hydrogen-bond acceptors (Lipinski definition) is 10. The lowest BCUT2D eigenvalue weighted by Gasteiger charge is -2.20. The molecule has 0 radical (unpaired) electrons. The maximum absolute atomic E-state index is 12.7. The van der Waals surface area contributed by atoms with Crippen LogP contribution in [0.5, 0.6) is 0 Å². The van der Waals surface area contributed by atoms with Crippen LogP contribution in [-0.2, 0) is 32.7 Å². The number of unbranched alkanes of at least 4 members (excludes halogenated alkanes) is 17. The van der Waals surface area contributed by atoms with Crippen LogP contribution in [0.1, 0.15) is 201 Å². The molecule has 0 aliphatic heterocycles. The molecule has 0 aromatic heterocycles. The van der Waals surface area contributed by atoms with Crippen molar-refractivity contribution >= 4 is 19.8 Å². The van der Waals surface area contributed by atoms with Gasteiger partial charge in [-0.25, -0.2) is 4.57 Å². The van der Waals surface area contributed by atoms with Gasteiger partial charge in [0.2, 0.25) is 0 Å². The van der Waals surface area contributed by atoms with E-state index in [0.29, 0.717) is 19.3 Å². The molecule has 4 N–H and O–H groups in total. The Morgan fingerprint density at radius 3 is 1.63 bits per heavy atom. The number of phosphoric ester groups is 1. The van der Waals surface area contributed by atoms with E-state index in [0.717, 1.165) is 50.9 Å². The Morgan fingerprint density at radius 1 is 0.585 bits per heavy atom. The van der Waals surface area contributed by atoms with Crippen LogP contribution in [0.4, 0.5) is 0 Å². The first-order valence-electron chi connectivity index (χ1n) is 25.4. The molecule has 0 saturated carbocycles. The summed E-state index contributed by atoms with van der Waals surface area (Å²) in [7, 11) is -4.65. The van der Waals surface area contributed by atoms with Crippen molar-refractivity contribution in [2.45, 2.75) is 219 Å². The van der Waals surface area contributed by atoms with Crippen molar-refractivity contribution in [3.05, 3.63) is 72.9 Å². The van der Waals surface area contributed by atoms with Crippen LogP contribution < -0.4 is 0 Å². The van der Waals surface area contributed by atoms with E-state index in [-0.39, 0.29) is 19.4 Å². The highest BCUT2D eigenvalue weighted by Gasteiger charge is 2.27. The summed E-state index contributed by atoms with van der Waals surface area (Å²) in [5.41, 5.74) is 0. The summed E-state index contributed by atoms with van der Waals surface area (Å²) in [4.78, 5) is 35.1. The first-order valence-corrected chi connectivity index (χ1v) is 26.9. The maximum Gasteiger partial charge on any atom is 0.472 e. The summed E-state index contributed by atoms with van der Waals surface area (Å²) in [6, 6.07) is 0. The Bertz CT molecular complexity index is 1340. The van der Waals surface area contributed by atoms with Gasteiger partial charge in [-0.3, -0.25) is 18.6 Å². The zero-order valence-electron chi connectivity index (χ0n) is 41.0. The molecule has 0 amide bonds. The van der Waals surface area contributed by atoms with Crippen LogP contribution in [0.25, 0.3) is 0 Å². The lowest BCUT2D eigenvalue weighted by molar-refractivity contribution is -0.161. The molecule has 3 unspecified atom stereocenters. The number of carbonyl (C=O) groups excluding carboxylic acids is 2. The average Bonchev–Trinajstić information content (AvgIpc) is 3.29. The van der Waals surface area contributed by atoms with Crippen molar-refractivity contribution in [1.29, 1.82) is 0 Å². The number of ether oxygens (including phenoxy) is 2. The van der Waals surface area contributed by atoms with E-state index >= 15 is 0 Å².